The van der Waals surface area contributed by atoms with Gasteiger partial charge in [0.25, 0.3) is 0 Å². The minimum absolute atomic E-state index is 0.0159. The summed E-state index contributed by atoms with van der Waals surface area (Å²) in [5.41, 5.74) is 1.19. The van der Waals surface area contributed by atoms with Crippen molar-refractivity contribution in [1.29, 1.82) is 0 Å². The van der Waals surface area contributed by atoms with Crippen LogP contribution in [0.25, 0.3) is 0 Å². The fraction of sp³-hybridized carbons (Fsp3) is 0.684. The fourth-order valence-electron chi connectivity index (χ4n) is 4.06. The molecule has 0 aliphatic carbocycles. The number of hydrogen-bond acceptors (Lipinski definition) is 4. The summed E-state index contributed by atoms with van der Waals surface area (Å²) in [6.45, 7) is 2.15. The zero-order valence-electron chi connectivity index (χ0n) is 13.7. The Hall–Kier alpha value is -0.940. The number of rotatable bonds is 3. The van der Waals surface area contributed by atoms with Crippen LogP contribution in [0, 0.1) is 0 Å². The van der Waals surface area contributed by atoms with Crippen molar-refractivity contribution in [3.63, 3.8) is 0 Å². The maximum absolute atomic E-state index is 6.49. The summed E-state index contributed by atoms with van der Waals surface area (Å²) in [6.07, 6.45) is 7.00. The Labute approximate surface area is 138 Å². The Bertz CT molecular complexity index is 503. The Morgan fingerprint density at radius 1 is 0.957 bits per heavy atom. The van der Waals surface area contributed by atoms with Crippen LogP contribution >= 0.6 is 0 Å². The van der Waals surface area contributed by atoms with Gasteiger partial charge in [-0.15, -0.1) is 0 Å². The van der Waals surface area contributed by atoms with Crippen LogP contribution in [0.15, 0.2) is 30.3 Å². The predicted molar refractivity (Wildman–Crippen MR) is 85.8 cm³/mol. The minimum Gasteiger partial charge on any atom is -0.368 e. The SMILES string of the molecule is c1ccc(CO[C@@H]2CC[C@]3(CCCO3)O[C@]23CCCCO3)cc1. The third kappa shape index (κ3) is 3.18. The lowest BCUT2D eigenvalue weighted by Gasteiger charge is -2.51. The highest BCUT2D eigenvalue weighted by molar-refractivity contribution is 5.13. The third-order valence-corrected chi connectivity index (χ3v) is 5.26. The maximum Gasteiger partial charge on any atom is 0.197 e. The molecule has 126 valence electrons. The van der Waals surface area contributed by atoms with Crippen LogP contribution in [0.3, 0.4) is 0 Å². The number of ether oxygens (including phenoxy) is 4. The average molecular weight is 318 g/mol. The molecule has 4 nitrogen and oxygen atoms in total. The Morgan fingerprint density at radius 3 is 2.57 bits per heavy atom. The highest BCUT2D eigenvalue weighted by Gasteiger charge is 2.55. The molecule has 4 heteroatoms. The van der Waals surface area contributed by atoms with E-state index in [2.05, 4.69) is 12.1 Å². The summed E-state index contributed by atoms with van der Waals surface area (Å²) in [5.74, 6) is -1.04. The molecule has 1 aromatic carbocycles. The quantitative estimate of drug-likeness (QED) is 0.850. The lowest BCUT2D eigenvalue weighted by molar-refractivity contribution is -0.409. The largest absolute Gasteiger partial charge is 0.368 e. The molecule has 3 atom stereocenters. The molecular weight excluding hydrogens is 292 g/mol. The normalized spacial score (nSPS) is 37.5. The van der Waals surface area contributed by atoms with Gasteiger partial charge >= 0.3 is 0 Å². The molecule has 4 rings (SSSR count). The zero-order valence-corrected chi connectivity index (χ0v) is 13.7. The fourth-order valence-corrected chi connectivity index (χ4v) is 4.06. The molecule has 0 bridgehead atoms. The molecule has 3 saturated heterocycles. The van der Waals surface area contributed by atoms with Gasteiger partial charge in [-0.1, -0.05) is 30.3 Å². The molecule has 2 spiro atoms. The first-order valence-corrected chi connectivity index (χ1v) is 8.94. The van der Waals surface area contributed by atoms with Crippen molar-refractivity contribution in [1.82, 2.24) is 0 Å². The predicted octanol–water partition coefficient (Wildman–Crippen LogP) is 3.79. The van der Waals surface area contributed by atoms with Crippen molar-refractivity contribution in [2.75, 3.05) is 13.2 Å². The highest BCUT2D eigenvalue weighted by atomic mass is 16.8. The van der Waals surface area contributed by atoms with Gasteiger partial charge in [-0.25, -0.2) is 0 Å². The van der Waals surface area contributed by atoms with Crippen LogP contribution < -0.4 is 0 Å². The van der Waals surface area contributed by atoms with E-state index in [-0.39, 0.29) is 6.10 Å². The van der Waals surface area contributed by atoms with Crippen molar-refractivity contribution < 1.29 is 18.9 Å². The molecule has 0 radical (unpaired) electrons. The van der Waals surface area contributed by atoms with Gasteiger partial charge in [0.2, 0.25) is 0 Å². The Kier molecular flexibility index (Phi) is 4.41. The third-order valence-electron chi connectivity index (χ3n) is 5.26. The lowest BCUT2D eigenvalue weighted by atomic mass is 9.89. The van der Waals surface area contributed by atoms with Crippen LogP contribution in [0.5, 0.6) is 0 Å². The molecule has 3 aliphatic heterocycles. The molecule has 0 amide bonds. The average Bonchev–Trinajstić information content (AvgIpc) is 3.04. The van der Waals surface area contributed by atoms with Gasteiger partial charge in [-0.05, 0) is 31.2 Å². The summed E-state index contributed by atoms with van der Waals surface area (Å²) in [5, 5.41) is 0. The molecule has 0 aromatic heterocycles. The van der Waals surface area contributed by atoms with E-state index < -0.39 is 11.6 Å². The molecule has 3 fully saturated rings. The second-order valence-electron chi connectivity index (χ2n) is 6.91. The first kappa shape index (κ1) is 15.6. The maximum atomic E-state index is 6.49. The van der Waals surface area contributed by atoms with Crippen molar-refractivity contribution in [3.05, 3.63) is 35.9 Å². The molecule has 3 aliphatic rings. The number of hydrogen-bond donors (Lipinski definition) is 0. The van der Waals surface area contributed by atoms with E-state index in [0.29, 0.717) is 6.61 Å². The summed E-state index contributed by atoms with van der Waals surface area (Å²) in [4.78, 5) is 0. The van der Waals surface area contributed by atoms with Crippen LogP contribution in [0.4, 0.5) is 0 Å². The minimum atomic E-state index is -0.615. The van der Waals surface area contributed by atoms with Gasteiger partial charge < -0.3 is 18.9 Å². The second kappa shape index (κ2) is 6.52. The lowest BCUT2D eigenvalue weighted by Crippen LogP contribution is -2.59. The first-order valence-electron chi connectivity index (χ1n) is 8.94. The van der Waals surface area contributed by atoms with E-state index in [4.69, 9.17) is 18.9 Å². The van der Waals surface area contributed by atoms with Crippen LogP contribution in [-0.2, 0) is 25.6 Å². The van der Waals surface area contributed by atoms with Gasteiger partial charge in [-0.2, -0.15) is 0 Å². The molecule has 23 heavy (non-hydrogen) atoms. The van der Waals surface area contributed by atoms with E-state index in [9.17, 15) is 0 Å². The summed E-state index contributed by atoms with van der Waals surface area (Å²) < 4.78 is 24.9. The monoisotopic (exact) mass is 318 g/mol. The van der Waals surface area contributed by atoms with Crippen LogP contribution in [0.1, 0.15) is 50.5 Å². The van der Waals surface area contributed by atoms with Crippen LogP contribution in [0.2, 0.25) is 0 Å². The topological polar surface area (TPSA) is 36.9 Å². The smallest absolute Gasteiger partial charge is 0.197 e. The van der Waals surface area contributed by atoms with E-state index in [0.717, 1.165) is 58.2 Å². The van der Waals surface area contributed by atoms with E-state index >= 15 is 0 Å². The van der Waals surface area contributed by atoms with E-state index in [1.54, 1.807) is 0 Å². The highest BCUT2D eigenvalue weighted by Crippen LogP contribution is 2.47. The van der Waals surface area contributed by atoms with E-state index in [1.165, 1.54) is 5.56 Å². The van der Waals surface area contributed by atoms with E-state index in [1.807, 2.05) is 18.2 Å². The van der Waals surface area contributed by atoms with Crippen molar-refractivity contribution in [2.45, 2.75) is 69.2 Å². The summed E-state index contributed by atoms with van der Waals surface area (Å²) in [7, 11) is 0. The van der Waals surface area contributed by atoms with Gasteiger partial charge in [0.05, 0.1) is 19.8 Å². The van der Waals surface area contributed by atoms with Crippen molar-refractivity contribution >= 4 is 0 Å². The van der Waals surface area contributed by atoms with Crippen LogP contribution in [-0.4, -0.2) is 30.9 Å². The summed E-state index contributed by atoms with van der Waals surface area (Å²) in [6, 6.07) is 10.3. The molecular formula is C19H26O4. The van der Waals surface area contributed by atoms with Gasteiger partial charge in [0.15, 0.2) is 11.6 Å². The molecule has 3 heterocycles. The molecule has 0 N–H and O–H groups in total. The summed E-state index contributed by atoms with van der Waals surface area (Å²) >= 11 is 0. The second-order valence-corrected chi connectivity index (χ2v) is 6.91. The Balaban J connectivity index is 1.48. The number of benzene rings is 1. The molecule has 1 aromatic rings. The zero-order chi connectivity index (χ0) is 15.6. The van der Waals surface area contributed by atoms with Crippen molar-refractivity contribution in [3.8, 4) is 0 Å². The Morgan fingerprint density at radius 2 is 1.83 bits per heavy atom. The van der Waals surface area contributed by atoms with Gasteiger partial charge in [-0.3, -0.25) is 0 Å². The van der Waals surface area contributed by atoms with Gasteiger partial charge in [0, 0.05) is 19.3 Å². The van der Waals surface area contributed by atoms with Gasteiger partial charge in [0.1, 0.15) is 6.10 Å². The first-order chi connectivity index (χ1) is 11.3. The molecule has 0 saturated carbocycles. The van der Waals surface area contributed by atoms with Crippen molar-refractivity contribution in [2.24, 2.45) is 0 Å². The standard InChI is InChI=1S/C19H26O4/c1-2-7-16(8-3-1)15-20-17-9-12-18(10-6-14-21-18)23-19(17)11-4-5-13-22-19/h1-3,7-8,17H,4-6,9-15H2/t17-,18+,19-/m1/s1. The molecule has 0 unspecified atom stereocenters.